The fraction of sp³-hybridized carbons (Fsp3) is 0.522. The lowest BCUT2D eigenvalue weighted by molar-refractivity contribution is -0.116. The van der Waals surface area contributed by atoms with Crippen molar-refractivity contribution in [2.24, 2.45) is 10.4 Å². The summed E-state index contributed by atoms with van der Waals surface area (Å²) in [4.78, 5) is 16.9. The maximum atomic E-state index is 12.2. The molecule has 0 saturated carbocycles. The quantitative estimate of drug-likeness (QED) is 0.307. The smallest absolute Gasteiger partial charge is 0.246 e. The van der Waals surface area contributed by atoms with Gasteiger partial charge in [0.15, 0.2) is 5.96 Å². The van der Waals surface area contributed by atoms with Crippen LogP contribution in [0.4, 0.5) is 5.69 Å². The number of hydrogen-bond acceptors (Lipinski definition) is 4. The number of hydrogen-bond donors (Lipinski definition) is 4. The third-order valence-corrected chi connectivity index (χ3v) is 5.61. The van der Waals surface area contributed by atoms with Crippen molar-refractivity contribution in [2.45, 2.75) is 53.1 Å². The number of benzene rings is 1. The van der Waals surface area contributed by atoms with Crippen molar-refractivity contribution in [1.82, 2.24) is 20.4 Å². The van der Waals surface area contributed by atoms with Gasteiger partial charge in [-0.15, -0.1) is 0 Å². The molecule has 0 radical (unpaired) electrons. The summed E-state index contributed by atoms with van der Waals surface area (Å²) in [5, 5.41) is 23.1. The molecule has 0 aliphatic carbocycles. The highest BCUT2D eigenvalue weighted by molar-refractivity contribution is 5.90. The van der Waals surface area contributed by atoms with E-state index in [2.05, 4.69) is 34.9 Å². The van der Waals surface area contributed by atoms with Crippen LogP contribution in [0.15, 0.2) is 47.7 Å². The second-order valence-electron chi connectivity index (χ2n) is 7.68. The van der Waals surface area contributed by atoms with Crippen LogP contribution in [0.25, 0.3) is 0 Å². The Bertz CT molecular complexity index is 815. The first-order chi connectivity index (χ1) is 15.0. The minimum atomic E-state index is -0.126. The molecule has 1 aromatic carbocycles. The average molecular weight is 429 g/mol. The molecular weight excluding hydrogens is 392 g/mol. The fourth-order valence-electron chi connectivity index (χ4n) is 3.45. The summed E-state index contributed by atoms with van der Waals surface area (Å²) < 4.78 is 1.58. The number of aliphatic imine (C=N–C) groups is 1. The SMILES string of the molecule is CCNC(=NCc1cccc(NC(=O)Cn2cccn2)c1)NCC(CC)(CC)CCO. The normalized spacial score (nSPS) is 11.9. The molecule has 1 heterocycles. The summed E-state index contributed by atoms with van der Waals surface area (Å²) in [6, 6.07) is 9.49. The number of anilines is 1. The standard InChI is InChI=1S/C23H36N6O2/c1-4-23(5-2,11-14-30)18-26-22(24-6-3)25-16-19-9-7-10-20(15-19)28-21(31)17-29-13-8-12-27-29/h7-10,12-13,15,30H,4-6,11,14,16-18H2,1-3H3,(H,28,31)(H2,24,25,26). The van der Waals surface area contributed by atoms with Crippen LogP contribution in [-0.4, -0.2) is 46.5 Å². The molecule has 2 aromatic rings. The second-order valence-corrected chi connectivity index (χ2v) is 7.68. The maximum Gasteiger partial charge on any atom is 0.246 e. The molecule has 0 fully saturated rings. The number of guanidine groups is 1. The number of aromatic nitrogens is 2. The van der Waals surface area contributed by atoms with Gasteiger partial charge in [0.1, 0.15) is 6.54 Å². The number of carbonyl (C=O) groups excluding carboxylic acids is 1. The number of carbonyl (C=O) groups is 1. The molecule has 0 aliphatic rings. The van der Waals surface area contributed by atoms with Crippen LogP contribution in [0.2, 0.25) is 0 Å². The highest BCUT2D eigenvalue weighted by Gasteiger charge is 2.25. The Labute approximate surface area is 185 Å². The Morgan fingerprint density at radius 3 is 2.65 bits per heavy atom. The molecule has 8 nitrogen and oxygen atoms in total. The first kappa shape index (κ1) is 24.4. The Morgan fingerprint density at radius 1 is 1.19 bits per heavy atom. The fourth-order valence-corrected chi connectivity index (χ4v) is 3.45. The number of nitrogens with one attached hydrogen (secondary N) is 3. The molecule has 0 atom stereocenters. The zero-order valence-electron chi connectivity index (χ0n) is 18.9. The van der Waals surface area contributed by atoms with Gasteiger partial charge in [-0.05, 0) is 55.4 Å². The molecule has 8 heteroatoms. The summed E-state index contributed by atoms with van der Waals surface area (Å²) in [6.45, 7) is 8.74. The summed E-state index contributed by atoms with van der Waals surface area (Å²) in [6.07, 6.45) is 6.17. The van der Waals surface area contributed by atoms with Crippen LogP contribution in [0.1, 0.15) is 45.6 Å². The molecule has 2 rings (SSSR count). The molecule has 31 heavy (non-hydrogen) atoms. The van der Waals surface area contributed by atoms with Crippen molar-refractivity contribution in [2.75, 3.05) is 25.0 Å². The van der Waals surface area contributed by atoms with Gasteiger partial charge in [-0.25, -0.2) is 4.99 Å². The van der Waals surface area contributed by atoms with Gasteiger partial charge in [-0.1, -0.05) is 26.0 Å². The zero-order chi connectivity index (χ0) is 22.5. The molecule has 0 saturated heterocycles. The van der Waals surface area contributed by atoms with E-state index in [0.29, 0.717) is 6.54 Å². The lowest BCUT2D eigenvalue weighted by Gasteiger charge is -2.32. The van der Waals surface area contributed by atoms with Gasteiger partial charge in [0.2, 0.25) is 5.91 Å². The highest BCUT2D eigenvalue weighted by Crippen LogP contribution is 2.29. The monoisotopic (exact) mass is 428 g/mol. The number of aliphatic hydroxyl groups excluding tert-OH is 1. The molecule has 0 unspecified atom stereocenters. The predicted octanol–water partition coefficient (Wildman–Crippen LogP) is 2.77. The Balaban J connectivity index is 1.98. The van der Waals surface area contributed by atoms with E-state index < -0.39 is 0 Å². The van der Waals surface area contributed by atoms with Crippen LogP contribution < -0.4 is 16.0 Å². The zero-order valence-corrected chi connectivity index (χ0v) is 18.9. The summed E-state index contributed by atoms with van der Waals surface area (Å²) in [5.41, 5.74) is 1.80. The number of nitrogens with zero attached hydrogens (tertiary/aromatic N) is 3. The number of rotatable bonds is 12. The van der Waals surface area contributed by atoms with Crippen molar-refractivity contribution in [3.05, 3.63) is 48.3 Å². The van der Waals surface area contributed by atoms with E-state index in [4.69, 9.17) is 4.99 Å². The summed E-state index contributed by atoms with van der Waals surface area (Å²) >= 11 is 0. The molecule has 0 spiro atoms. The van der Waals surface area contributed by atoms with Crippen LogP contribution in [0, 0.1) is 5.41 Å². The van der Waals surface area contributed by atoms with Crippen LogP contribution in [-0.2, 0) is 17.9 Å². The Morgan fingerprint density at radius 2 is 2.00 bits per heavy atom. The van der Waals surface area contributed by atoms with Crippen molar-refractivity contribution in [3.63, 3.8) is 0 Å². The molecule has 170 valence electrons. The van der Waals surface area contributed by atoms with Gasteiger partial charge >= 0.3 is 0 Å². The number of aliphatic hydroxyl groups is 1. The molecule has 1 aromatic heterocycles. The first-order valence-corrected chi connectivity index (χ1v) is 11.0. The van der Waals surface area contributed by atoms with Crippen LogP contribution in [0.3, 0.4) is 0 Å². The van der Waals surface area contributed by atoms with E-state index in [0.717, 1.165) is 49.6 Å². The van der Waals surface area contributed by atoms with Crippen molar-refractivity contribution >= 4 is 17.6 Å². The lowest BCUT2D eigenvalue weighted by atomic mass is 9.79. The van der Waals surface area contributed by atoms with Gasteiger partial charge in [0.25, 0.3) is 0 Å². The molecular formula is C23H36N6O2. The van der Waals surface area contributed by atoms with Crippen molar-refractivity contribution in [3.8, 4) is 0 Å². The topological polar surface area (TPSA) is 104 Å². The minimum absolute atomic E-state index is 0.0592. The van der Waals surface area contributed by atoms with E-state index in [9.17, 15) is 9.90 Å². The van der Waals surface area contributed by atoms with Crippen LogP contribution in [0.5, 0.6) is 0 Å². The molecule has 0 bridgehead atoms. The van der Waals surface area contributed by atoms with Crippen LogP contribution >= 0.6 is 0 Å². The van der Waals surface area contributed by atoms with E-state index >= 15 is 0 Å². The largest absolute Gasteiger partial charge is 0.396 e. The molecule has 0 aliphatic heterocycles. The van der Waals surface area contributed by atoms with Gasteiger partial charge in [-0.2, -0.15) is 5.10 Å². The third kappa shape index (κ3) is 8.05. The number of amides is 1. The highest BCUT2D eigenvalue weighted by atomic mass is 16.3. The van der Waals surface area contributed by atoms with Crippen molar-refractivity contribution < 1.29 is 9.90 Å². The van der Waals surface area contributed by atoms with Gasteiger partial charge in [-0.3, -0.25) is 9.48 Å². The minimum Gasteiger partial charge on any atom is -0.396 e. The third-order valence-electron chi connectivity index (χ3n) is 5.61. The Hall–Kier alpha value is -2.87. The Kier molecular flexibility index (Phi) is 10.0. The second kappa shape index (κ2) is 12.7. The van der Waals surface area contributed by atoms with Crippen molar-refractivity contribution in [1.29, 1.82) is 0 Å². The average Bonchev–Trinajstić information content (AvgIpc) is 3.28. The van der Waals surface area contributed by atoms with Gasteiger partial charge in [0.05, 0.1) is 6.54 Å². The predicted molar refractivity (Wildman–Crippen MR) is 125 cm³/mol. The van der Waals surface area contributed by atoms with Gasteiger partial charge in [0, 0.05) is 37.8 Å². The molecule has 1 amide bonds. The van der Waals surface area contributed by atoms with E-state index in [1.54, 1.807) is 23.1 Å². The first-order valence-electron chi connectivity index (χ1n) is 11.0. The van der Waals surface area contributed by atoms with E-state index in [-0.39, 0.29) is 24.5 Å². The lowest BCUT2D eigenvalue weighted by Crippen LogP contribution is -2.43. The van der Waals surface area contributed by atoms with E-state index in [1.165, 1.54) is 0 Å². The summed E-state index contributed by atoms with van der Waals surface area (Å²) in [7, 11) is 0. The maximum absolute atomic E-state index is 12.2. The van der Waals surface area contributed by atoms with Gasteiger partial charge < -0.3 is 21.1 Å². The summed E-state index contributed by atoms with van der Waals surface area (Å²) in [5.74, 6) is 0.624. The van der Waals surface area contributed by atoms with E-state index in [1.807, 2.05) is 31.2 Å². The molecule has 4 N–H and O–H groups in total.